The summed E-state index contributed by atoms with van der Waals surface area (Å²) < 4.78 is 30.5. The number of nitrogens with zero attached hydrogens (tertiary/aromatic N) is 1. The molecule has 2 aromatic rings. The zero-order chi connectivity index (χ0) is 20.0. The lowest BCUT2D eigenvalue weighted by molar-refractivity contribution is -0.118. The summed E-state index contributed by atoms with van der Waals surface area (Å²) in [6.07, 6.45) is 0. The molecule has 2 amide bonds. The molecule has 0 fully saturated rings. The first-order valence-electron chi connectivity index (χ1n) is 8.01. The van der Waals surface area contributed by atoms with Gasteiger partial charge in [-0.15, -0.1) is 0 Å². The average Bonchev–Trinajstić information content (AvgIpc) is 2.60. The SMILES string of the molecule is CC(=O)Nc1cccc(NC(=O)COc2ccc(S(=O)(=O)N(C)C)cc2)c1. The number of nitrogens with one attached hydrogen (secondary N) is 2. The normalized spacial score (nSPS) is 11.1. The van der Waals surface area contributed by atoms with Crippen LogP contribution >= 0.6 is 0 Å². The molecular weight excluding hydrogens is 370 g/mol. The molecule has 0 saturated carbocycles. The number of anilines is 2. The minimum absolute atomic E-state index is 0.138. The summed E-state index contributed by atoms with van der Waals surface area (Å²) in [6, 6.07) is 12.5. The molecule has 8 nitrogen and oxygen atoms in total. The Labute approximate surface area is 158 Å². The van der Waals surface area contributed by atoms with Crippen LogP contribution in [0.1, 0.15) is 6.92 Å². The summed E-state index contributed by atoms with van der Waals surface area (Å²) in [5.41, 5.74) is 1.08. The number of ether oxygens (including phenoxy) is 1. The first-order chi connectivity index (χ1) is 12.7. The van der Waals surface area contributed by atoms with Crippen molar-refractivity contribution in [3.05, 3.63) is 48.5 Å². The molecular formula is C18H21N3O5S. The predicted molar refractivity (Wildman–Crippen MR) is 102 cm³/mol. The molecule has 9 heteroatoms. The van der Waals surface area contributed by atoms with Crippen molar-refractivity contribution >= 4 is 33.2 Å². The quantitative estimate of drug-likeness (QED) is 0.750. The zero-order valence-corrected chi connectivity index (χ0v) is 16.0. The molecule has 0 saturated heterocycles. The summed E-state index contributed by atoms with van der Waals surface area (Å²) in [6.45, 7) is 1.15. The molecule has 0 aliphatic rings. The summed E-state index contributed by atoms with van der Waals surface area (Å²) >= 11 is 0. The Hall–Kier alpha value is -2.91. The Morgan fingerprint density at radius 1 is 1.00 bits per heavy atom. The highest BCUT2D eigenvalue weighted by molar-refractivity contribution is 7.89. The highest BCUT2D eigenvalue weighted by Gasteiger charge is 2.16. The van der Waals surface area contributed by atoms with E-state index in [1.54, 1.807) is 24.3 Å². The van der Waals surface area contributed by atoms with E-state index in [-0.39, 0.29) is 23.3 Å². The maximum atomic E-state index is 12.0. The number of hydrogen-bond donors (Lipinski definition) is 2. The summed E-state index contributed by atoms with van der Waals surface area (Å²) in [5.74, 6) is -0.226. The van der Waals surface area contributed by atoms with Gasteiger partial charge in [-0.05, 0) is 42.5 Å². The van der Waals surface area contributed by atoms with Crippen molar-refractivity contribution in [2.45, 2.75) is 11.8 Å². The standard InChI is InChI=1S/C18H21N3O5S/c1-13(22)19-14-5-4-6-15(11-14)20-18(23)12-26-16-7-9-17(10-8-16)27(24,25)21(2)3/h4-11H,12H2,1-3H3,(H,19,22)(H,20,23). The van der Waals surface area contributed by atoms with Crippen LogP contribution in [0.3, 0.4) is 0 Å². The lowest BCUT2D eigenvalue weighted by atomic mass is 10.2. The van der Waals surface area contributed by atoms with E-state index in [2.05, 4.69) is 10.6 Å². The van der Waals surface area contributed by atoms with Gasteiger partial charge in [0.2, 0.25) is 15.9 Å². The minimum atomic E-state index is -3.51. The molecule has 0 aliphatic heterocycles. The van der Waals surface area contributed by atoms with Crippen molar-refractivity contribution in [3.63, 3.8) is 0 Å². The van der Waals surface area contributed by atoms with Gasteiger partial charge in [0.15, 0.2) is 6.61 Å². The van der Waals surface area contributed by atoms with Gasteiger partial charge in [-0.1, -0.05) is 6.07 Å². The van der Waals surface area contributed by atoms with Crippen LogP contribution in [0.15, 0.2) is 53.4 Å². The number of hydrogen-bond acceptors (Lipinski definition) is 5. The Balaban J connectivity index is 1.93. The van der Waals surface area contributed by atoms with Gasteiger partial charge in [0.25, 0.3) is 5.91 Å². The summed E-state index contributed by atoms with van der Waals surface area (Å²) in [5, 5.41) is 5.29. The molecule has 0 spiro atoms. The Morgan fingerprint density at radius 3 is 2.15 bits per heavy atom. The fourth-order valence-corrected chi connectivity index (χ4v) is 3.04. The third-order valence-electron chi connectivity index (χ3n) is 3.44. The topological polar surface area (TPSA) is 105 Å². The van der Waals surface area contributed by atoms with Crippen LogP contribution in [0.2, 0.25) is 0 Å². The van der Waals surface area contributed by atoms with Crippen LogP contribution < -0.4 is 15.4 Å². The van der Waals surface area contributed by atoms with E-state index in [0.717, 1.165) is 4.31 Å². The lowest BCUT2D eigenvalue weighted by Gasteiger charge is -2.12. The molecule has 27 heavy (non-hydrogen) atoms. The highest BCUT2D eigenvalue weighted by Crippen LogP contribution is 2.18. The maximum Gasteiger partial charge on any atom is 0.262 e. The van der Waals surface area contributed by atoms with Crippen molar-refractivity contribution in [1.82, 2.24) is 4.31 Å². The minimum Gasteiger partial charge on any atom is -0.484 e. The number of carbonyl (C=O) groups excluding carboxylic acids is 2. The van der Waals surface area contributed by atoms with Gasteiger partial charge < -0.3 is 15.4 Å². The van der Waals surface area contributed by atoms with E-state index in [1.165, 1.54) is 45.3 Å². The Morgan fingerprint density at radius 2 is 1.59 bits per heavy atom. The van der Waals surface area contributed by atoms with E-state index < -0.39 is 10.0 Å². The van der Waals surface area contributed by atoms with Crippen molar-refractivity contribution in [3.8, 4) is 5.75 Å². The zero-order valence-electron chi connectivity index (χ0n) is 15.2. The van der Waals surface area contributed by atoms with Gasteiger partial charge in [0, 0.05) is 32.4 Å². The summed E-state index contributed by atoms with van der Waals surface area (Å²) in [7, 11) is -0.611. The third-order valence-corrected chi connectivity index (χ3v) is 5.27. The smallest absolute Gasteiger partial charge is 0.262 e. The molecule has 0 unspecified atom stereocenters. The average molecular weight is 391 g/mol. The number of amides is 2. The highest BCUT2D eigenvalue weighted by atomic mass is 32.2. The molecule has 2 aromatic carbocycles. The molecule has 0 atom stereocenters. The van der Waals surface area contributed by atoms with Gasteiger partial charge >= 0.3 is 0 Å². The molecule has 2 N–H and O–H groups in total. The number of sulfonamides is 1. The third kappa shape index (κ3) is 5.80. The van der Waals surface area contributed by atoms with E-state index in [4.69, 9.17) is 4.74 Å². The number of carbonyl (C=O) groups is 2. The fraction of sp³-hybridized carbons (Fsp3) is 0.222. The predicted octanol–water partition coefficient (Wildman–Crippen LogP) is 1.91. The van der Waals surface area contributed by atoms with Crippen LogP contribution in [0.25, 0.3) is 0 Å². The lowest BCUT2D eigenvalue weighted by Crippen LogP contribution is -2.22. The van der Waals surface area contributed by atoms with E-state index in [9.17, 15) is 18.0 Å². The van der Waals surface area contributed by atoms with Crippen molar-refractivity contribution in [2.24, 2.45) is 0 Å². The number of rotatable bonds is 7. The molecule has 0 heterocycles. The van der Waals surface area contributed by atoms with Crippen molar-refractivity contribution in [1.29, 1.82) is 0 Å². The first kappa shape index (κ1) is 20.4. The monoisotopic (exact) mass is 391 g/mol. The second kappa shape index (κ2) is 8.65. The second-order valence-electron chi connectivity index (χ2n) is 5.86. The largest absolute Gasteiger partial charge is 0.484 e. The molecule has 0 aromatic heterocycles. The van der Waals surface area contributed by atoms with Crippen molar-refractivity contribution in [2.75, 3.05) is 31.3 Å². The number of benzene rings is 2. The van der Waals surface area contributed by atoms with Gasteiger partial charge in [0.05, 0.1) is 4.90 Å². The van der Waals surface area contributed by atoms with Crippen LogP contribution in [0, 0.1) is 0 Å². The van der Waals surface area contributed by atoms with E-state index in [1.807, 2.05) is 0 Å². The van der Waals surface area contributed by atoms with Crippen LogP contribution in [-0.4, -0.2) is 45.2 Å². The summed E-state index contributed by atoms with van der Waals surface area (Å²) in [4.78, 5) is 23.2. The fourth-order valence-electron chi connectivity index (χ4n) is 2.14. The van der Waals surface area contributed by atoms with Gasteiger partial charge in [0.1, 0.15) is 5.75 Å². The van der Waals surface area contributed by atoms with Gasteiger partial charge in [-0.2, -0.15) is 0 Å². The molecule has 144 valence electrons. The molecule has 0 radical (unpaired) electrons. The van der Waals surface area contributed by atoms with Crippen LogP contribution in [0.5, 0.6) is 5.75 Å². The van der Waals surface area contributed by atoms with Gasteiger partial charge in [-0.3, -0.25) is 9.59 Å². The van der Waals surface area contributed by atoms with Crippen LogP contribution in [-0.2, 0) is 19.6 Å². The molecule has 0 bridgehead atoms. The van der Waals surface area contributed by atoms with E-state index >= 15 is 0 Å². The Kier molecular flexibility index (Phi) is 6.54. The van der Waals surface area contributed by atoms with E-state index in [0.29, 0.717) is 17.1 Å². The maximum absolute atomic E-state index is 12.0. The molecule has 0 aliphatic carbocycles. The van der Waals surface area contributed by atoms with Crippen molar-refractivity contribution < 1.29 is 22.7 Å². The van der Waals surface area contributed by atoms with Crippen LogP contribution in [0.4, 0.5) is 11.4 Å². The second-order valence-corrected chi connectivity index (χ2v) is 8.01. The molecule has 2 rings (SSSR count). The first-order valence-corrected chi connectivity index (χ1v) is 9.45. The van der Waals surface area contributed by atoms with Gasteiger partial charge in [-0.25, -0.2) is 12.7 Å². The Bertz CT molecular complexity index is 924.